The maximum absolute atomic E-state index is 12.3. The highest BCUT2D eigenvalue weighted by Gasteiger charge is 2.48. The monoisotopic (exact) mass is 313 g/mol. The number of nitrogen functional groups attached to an aromatic ring is 1. The number of nitrogens with zero attached hydrogens (tertiary/aromatic N) is 3. The predicted octanol–water partition coefficient (Wildman–Crippen LogP) is -4.91. The number of hydrogen-bond acceptors (Lipinski definition) is 8. The van der Waals surface area contributed by atoms with E-state index in [0.29, 0.717) is 16.4 Å². The number of quaternary nitrogens is 1. The molecule has 1 saturated heterocycles. The van der Waals surface area contributed by atoms with E-state index in [2.05, 4.69) is 4.98 Å². The van der Waals surface area contributed by atoms with Gasteiger partial charge < -0.3 is 30.7 Å². The Kier molecular flexibility index (Phi) is 3.57. The normalized spacial score (nSPS) is 34.2. The first kappa shape index (κ1) is 15.2. The van der Waals surface area contributed by atoms with Gasteiger partial charge in [0, 0.05) is 14.1 Å². The molecule has 1 fully saturated rings. The maximum Gasteiger partial charge on any atom is 0.284 e. The van der Waals surface area contributed by atoms with Gasteiger partial charge in [-0.05, 0) is 6.10 Å². The first-order chi connectivity index (χ1) is 10.4. The summed E-state index contributed by atoms with van der Waals surface area (Å²) in [7, 11) is 3.23. The highest BCUT2D eigenvalue weighted by atomic mass is 16.6. The number of anilines is 2. The summed E-state index contributed by atoms with van der Waals surface area (Å²) in [5.41, 5.74) is 5.77. The van der Waals surface area contributed by atoms with Crippen LogP contribution in [0.3, 0.4) is 0 Å². The largest absolute Gasteiger partial charge is 0.844 e. The van der Waals surface area contributed by atoms with Gasteiger partial charge in [0.1, 0.15) is 6.10 Å². The number of fused-ring (bicyclic) bond motifs is 1. The van der Waals surface area contributed by atoms with E-state index in [9.17, 15) is 15.0 Å². The van der Waals surface area contributed by atoms with Crippen LogP contribution in [0.4, 0.5) is 17.5 Å². The Morgan fingerprint density at radius 1 is 1.55 bits per heavy atom. The van der Waals surface area contributed by atoms with Crippen LogP contribution < -0.4 is 26.2 Å². The lowest BCUT2D eigenvalue weighted by Crippen LogP contribution is -3.13. The minimum Gasteiger partial charge on any atom is -0.844 e. The maximum atomic E-state index is 12.3. The molecular weight excluding hydrogens is 294 g/mol. The van der Waals surface area contributed by atoms with Crippen LogP contribution in [0, 0.1) is 0 Å². The smallest absolute Gasteiger partial charge is 0.284 e. The summed E-state index contributed by atoms with van der Waals surface area (Å²) in [5, 5.41) is 31.2. The molecule has 122 valence electrons. The van der Waals surface area contributed by atoms with Crippen molar-refractivity contribution in [3.63, 3.8) is 0 Å². The topological polar surface area (TPSA) is 141 Å². The molecule has 2 aliphatic rings. The van der Waals surface area contributed by atoms with E-state index in [1.54, 1.807) is 11.9 Å². The Balaban J connectivity index is 2.02. The van der Waals surface area contributed by atoms with Gasteiger partial charge in [0.05, 0.1) is 12.7 Å². The number of hydrogen-bond donors (Lipinski definition) is 4. The molecule has 5 N–H and O–H groups in total. The van der Waals surface area contributed by atoms with Crippen LogP contribution in [0.2, 0.25) is 0 Å². The van der Waals surface area contributed by atoms with Crippen molar-refractivity contribution in [1.82, 2.24) is 9.55 Å². The number of rotatable bonds is 2. The summed E-state index contributed by atoms with van der Waals surface area (Å²) in [5.74, 6) is 0.371. The Morgan fingerprint density at radius 3 is 2.82 bits per heavy atom. The van der Waals surface area contributed by atoms with Gasteiger partial charge in [0.15, 0.2) is 18.6 Å². The molecular formula is C12H19N5O5. The number of ether oxygens (including phenoxy) is 1. The van der Waals surface area contributed by atoms with E-state index in [1.807, 2.05) is 0 Å². The third-order valence-electron chi connectivity index (χ3n) is 4.26. The highest BCUT2D eigenvalue weighted by molar-refractivity contribution is 5.61. The van der Waals surface area contributed by atoms with Crippen molar-refractivity contribution in [2.24, 2.45) is 7.05 Å². The molecule has 0 amide bonds. The first-order valence-corrected chi connectivity index (χ1v) is 6.90. The molecule has 2 aliphatic heterocycles. The summed E-state index contributed by atoms with van der Waals surface area (Å²) in [6, 6.07) is 0. The van der Waals surface area contributed by atoms with Gasteiger partial charge in [-0.1, -0.05) is 0 Å². The van der Waals surface area contributed by atoms with E-state index < -0.39 is 31.1 Å². The van der Waals surface area contributed by atoms with E-state index >= 15 is 0 Å². The molecule has 0 bridgehead atoms. The van der Waals surface area contributed by atoms with E-state index in [0.717, 1.165) is 0 Å². The Hall–Kier alpha value is -1.72. The van der Waals surface area contributed by atoms with Gasteiger partial charge in [0.25, 0.3) is 11.4 Å². The van der Waals surface area contributed by atoms with Crippen LogP contribution in [0.15, 0.2) is 4.79 Å². The molecule has 10 nitrogen and oxygen atoms in total. The third-order valence-corrected chi connectivity index (χ3v) is 4.26. The summed E-state index contributed by atoms with van der Waals surface area (Å²) < 4.78 is 6.70. The lowest BCUT2D eigenvalue weighted by Gasteiger charge is -2.28. The summed E-state index contributed by atoms with van der Waals surface area (Å²) >= 11 is 0. The van der Waals surface area contributed by atoms with Gasteiger partial charge in [-0.15, -0.1) is 0 Å². The third kappa shape index (κ3) is 2.00. The van der Waals surface area contributed by atoms with Crippen LogP contribution in [-0.4, -0.2) is 64.6 Å². The fourth-order valence-corrected chi connectivity index (χ4v) is 2.98. The lowest BCUT2D eigenvalue weighted by atomic mass is 10.1. The minimum atomic E-state index is -1.45. The van der Waals surface area contributed by atoms with E-state index in [-0.39, 0.29) is 18.2 Å². The minimum absolute atomic E-state index is 0.0382. The van der Waals surface area contributed by atoms with Crippen molar-refractivity contribution in [1.29, 1.82) is 0 Å². The van der Waals surface area contributed by atoms with Gasteiger partial charge in [-0.2, -0.15) is 4.98 Å². The predicted molar refractivity (Wildman–Crippen MR) is 73.3 cm³/mol. The first-order valence-electron chi connectivity index (χ1n) is 6.90. The Labute approximate surface area is 126 Å². The van der Waals surface area contributed by atoms with E-state index in [1.165, 1.54) is 11.6 Å². The molecule has 1 unspecified atom stereocenters. The Bertz CT molecular complexity index is 650. The van der Waals surface area contributed by atoms with Crippen molar-refractivity contribution in [3.05, 3.63) is 10.4 Å². The van der Waals surface area contributed by atoms with Gasteiger partial charge in [-0.25, -0.2) is 4.90 Å². The second kappa shape index (κ2) is 5.18. The van der Waals surface area contributed by atoms with Crippen molar-refractivity contribution in [3.8, 4) is 0 Å². The van der Waals surface area contributed by atoms with Gasteiger partial charge >= 0.3 is 0 Å². The molecule has 22 heavy (non-hydrogen) atoms. The standard InChI is InChI=1S/C12H18N5O5/c1-15-4-17(11-8(20)7(19)5(3-18)22-11)9-6(15)10(21)16(2)12(13)14-9/h5,7-8,11,18-19H,3-4H2,1-2H3,(H2,13,14)/q-1/p+1/t5-,7-,8-,11-/m1/s1. The molecule has 0 saturated carbocycles. The molecule has 5 atom stereocenters. The second-order valence-electron chi connectivity index (χ2n) is 5.65. The van der Waals surface area contributed by atoms with Crippen LogP contribution >= 0.6 is 0 Å². The van der Waals surface area contributed by atoms with Crippen LogP contribution in [0.25, 0.3) is 0 Å². The molecule has 0 aromatic carbocycles. The molecule has 1 aromatic rings. The van der Waals surface area contributed by atoms with Crippen LogP contribution in [-0.2, 0) is 11.8 Å². The average Bonchev–Trinajstić information content (AvgIpc) is 2.95. The van der Waals surface area contributed by atoms with Crippen LogP contribution in [0.1, 0.15) is 0 Å². The SMILES string of the molecule is CN1C[NH+]([C@@H]2O[C@H](CO)[C@@H](O)[C@H]2[O-])c2nc(N)n(C)c(=O)c21. The van der Waals surface area contributed by atoms with Crippen molar-refractivity contribution in [2.45, 2.75) is 24.5 Å². The summed E-state index contributed by atoms with van der Waals surface area (Å²) in [6.45, 7) is -0.159. The molecule has 3 rings (SSSR count). The van der Waals surface area contributed by atoms with Gasteiger partial charge in [-0.3, -0.25) is 9.36 Å². The zero-order valence-corrected chi connectivity index (χ0v) is 12.3. The summed E-state index contributed by atoms with van der Waals surface area (Å²) in [4.78, 5) is 18.7. The fourth-order valence-electron chi connectivity index (χ4n) is 2.98. The molecule has 3 heterocycles. The summed E-state index contributed by atoms with van der Waals surface area (Å²) in [6.07, 6.45) is -4.63. The number of nitrogens with two attached hydrogens (primary N) is 1. The average molecular weight is 313 g/mol. The lowest BCUT2D eigenvalue weighted by molar-refractivity contribution is -0.893. The van der Waals surface area contributed by atoms with Crippen LogP contribution in [0.5, 0.6) is 0 Å². The van der Waals surface area contributed by atoms with Crippen molar-refractivity contribution < 1.29 is 25.0 Å². The second-order valence-corrected chi connectivity index (χ2v) is 5.65. The zero-order chi connectivity index (χ0) is 16.2. The number of aliphatic hydroxyl groups excluding tert-OH is 2. The molecule has 1 aromatic heterocycles. The molecule has 10 heteroatoms. The zero-order valence-electron chi connectivity index (χ0n) is 12.3. The number of nitrogens with one attached hydrogen (secondary N) is 1. The van der Waals surface area contributed by atoms with Crippen molar-refractivity contribution in [2.75, 3.05) is 31.0 Å². The molecule has 0 aliphatic carbocycles. The van der Waals surface area contributed by atoms with Crippen molar-refractivity contribution >= 4 is 17.5 Å². The van der Waals surface area contributed by atoms with Gasteiger partial charge in [0.2, 0.25) is 5.95 Å². The highest BCUT2D eigenvalue weighted by Crippen LogP contribution is 2.23. The molecule has 0 spiro atoms. The molecule has 0 radical (unpaired) electrons. The quantitative estimate of drug-likeness (QED) is 0.426. The Morgan fingerprint density at radius 2 is 2.23 bits per heavy atom. The van der Waals surface area contributed by atoms with E-state index in [4.69, 9.17) is 15.6 Å². The number of aliphatic hydroxyl groups is 2. The number of aromatic nitrogens is 2. The fraction of sp³-hybridized carbons (Fsp3) is 0.667.